The second kappa shape index (κ2) is 6.74. The first-order chi connectivity index (χ1) is 12.2. The van der Waals surface area contributed by atoms with E-state index in [9.17, 15) is 4.79 Å². The molecule has 1 amide bonds. The normalized spacial score (nSPS) is 22.7. The smallest absolute Gasteiger partial charge is 0.267 e. The van der Waals surface area contributed by atoms with Crippen molar-refractivity contribution >= 4 is 5.91 Å². The molecule has 0 saturated carbocycles. The molecular formula is C18H21N3O4. The summed E-state index contributed by atoms with van der Waals surface area (Å²) in [5.41, 5.74) is 0. The molecular weight excluding hydrogens is 322 g/mol. The van der Waals surface area contributed by atoms with Gasteiger partial charge in [-0.15, -0.1) is 0 Å². The van der Waals surface area contributed by atoms with Gasteiger partial charge in [-0.3, -0.25) is 4.79 Å². The molecule has 2 aromatic rings. The molecule has 1 aromatic heterocycles. The second-order valence-electron chi connectivity index (χ2n) is 6.39. The van der Waals surface area contributed by atoms with Crippen molar-refractivity contribution in [2.75, 3.05) is 19.7 Å². The molecule has 25 heavy (non-hydrogen) atoms. The van der Waals surface area contributed by atoms with Crippen molar-refractivity contribution in [2.24, 2.45) is 0 Å². The Hall–Kier alpha value is -2.57. The van der Waals surface area contributed by atoms with Gasteiger partial charge in [-0.05, 0) is 25.0 Å². The van der Waals surface area contributed by atoms with Crippen LogP contribution in [0, 0.1) is 0 Å². The third-order valence-corrected chi connectivity index (χ3v) is 4.67. The van der Waals surface area contributed by atoms with Gasteiger partial charge in [0, 0.05) is 19.5 Å². The molecule has 4 rings (SSSR count). The number of piperidine rings is 1. The molecule has 0 spiro atoms. The number of rotatable bonds is 3. The number of carbonyl (C=O) groups is 1. The number of aromatic nitrogens is 2. The molecule has 0 aliphatic carbocycles. The molecule has 3 heterocycles. The predicted molar refractivity (Wildman–Crippen MR) is 88.6 cm³/mol. The number of carbonyl (C=O) groups excluding carboxylic acids is 1. The van der Waals surface area contributed by atoms with Gasteiger partial charge in [0.1, 0.15) is 6.61 Å². The molecule has 2 atom stereocenters. The lowest BCUT2D eigenvalue weighted by atomic mass is 9.97. The second-order valence-corrected chi connectivity index (χ2v) is 6.39. The Balaban J connectivity index is 1.43. The summed E-state index contributed by atoms with van der Waals surface area (Å²) in [6.07, 6.45) is 1.98. The number of aryl methyl sites for hydroxylation is 1. The van der Waals surface area contributed by atoms with E-state index in [4.69, 9.17) is 14.0 Å². The summed E-state index contributed by atoms with van der Waals surface area (Å²) in [6.45, 7) is 3.51. The third-order valence-electron chi connectivity index (χ3n) is 4.67. The first-order valence-electron chi connectivity index (χ1n) is 8.74. The van der Waals surface area contributed by atoms with Gasteiger partial charge in [0.25, 0.3) is 5.91 Å². The Labute approximate surface area is 145 Å². The summed E-state index contributed by atoms with van der Waals surface area (Å²) >= 11 is 0. The molecule has 1 aromatic carbocycles. The predicted octanol–water partition coefficient (Wildman–Crippen LogP) is 2.18. The van der Waals surface area contributed by atoms with Gasteiger partial charge in [-0.2, -0.15) is 4.98 Å². The van der Waals surface area contributed by atoms with Gasteiger partial charge < -0.3 is 18.9 Å². The summed E-state index contributed by atoms with van der Waals surface area (Å²) in [6, 6.07) is 7.41. The minimum Gasteiger partial charge on any atom is -0.485 e. The lowest BCUT2D eigenvalue weighted by molar-refractivity contribution is -0.142. The lowest BCUT2D eigenvalue weighted by Crippen LogP contribution is -2.49. The summed E-state index contributed by atoms with van der Waals surface area (Å²) in [5, 5.41) is 3.96. The highest BCUT2D eigenvalue weighted by molar-refractivity contribution is 5.82. The van der Waals surface area contributed by atoms with E-state index in [2.05, 4.69) is 10.1 Å². The SMILES string of the molecule is CCc1noc([C@H]2CCCN(C(=O)[C@@H]3COc4ccccc4O3)C2)n1. The maximum atomic E-state index is 12.9. The summed E-state index contributed by atoms with van der Waals surface area (Å²) in [7, 11) is 0. The van der Waals surface area contributed by atoms with Crippen LogP contribution in [0.3, 0.4) is 0 Å². The highest BCUT2D eigenvalue weighted by Crippen LogP contribution is 2.32. The van der Waals surface area contributed by atoms with Crippen molar-refractivity contribution in [3.8, 4) is 11.5 Å². The largest absolute Gasteiger partial charge is 0.485 e. The number of amides is 1. The van der Waals surface area contributed by atoms with Crippen LogP contribution in [-0.4, -0.2) is 46.7 Å². The number of benzene rings is 1. The van der Waals surface area contributed by atoms with Crippen molar-refractivity contribution in [3.63, 3.8) is 0 Å². The van der Waals surface area contributed by atoms with Crippen molar-refractivity contribution in [1.29, 1.82) is 0 Å². The fraction of sp³-hybridized carbons (Fsp3) is 0.500. The molecule has 2 aliphatic heterocycles. The van der Waals surface area contributed by atoms with Crippen LogP contribution in [0.25, 0.3) is 0 Å². The molecule has 0 bridgehead atoms. The Kier molecular flexibility index (Phi) is 4.29. The van der Waals surface area contributed by atoms with Crippen molar-refractivity contribution < 1.29 is 18.8 Å². The van der Waals surface area contributed by atoms with Crippen molar-refractivity contribution in [3.05, 3.63) is 36.0 Å². The average molecular weight is 343 g/mol. The molecule has 7 heteroatoms. The fourth-order valence-electron chi connectivity index (χ4n) is 3.30. The zero-order chi connectivity index (χ0) is 17.2. The monoisotopic (exact) mass is 343 g/mol. The van der Waals surface area contributed by atoms with Gasteiger partial charge in [0.15, 0.2) is 17.3 Å². The highest BCUT2D eigenvalue weighted by atomic mass is 16.6. The van der Waals surface area contributed by atoms with Gasteiger partial charge in [-0.1, -0.05) is 24.2 Å². The van der Waals surface area contributed by atoms with Crippen LogP contribution in [0.5, 0.6) is 11.5 Å². The van der Waals surface area contributed by atoms with Gasteiger partial charge >= 0.3 is 0 Å². The molecule has 0 N–H and O–H groups in total. The first-order valence-corrected chi connectivity index (χ1v) is 8.74. The van der Waals surface area contributed by atoms with Crippen LogP contribution in [0.4, 0.5) is 0 Å². The first kappa shape index (κ1) is 15.9. The van der Waals surface area contributed by atoms with E-state index in [1.807, 2.05) is 36.1 Å². The maximum absolute atomic E-state index is 12.9. The number of nitrogens with zero attached hydrogens (tertiary/aromatic N) is 3. The molecule has 1 saturated heterocycles. The van der Waals surface area contributed by atoms with Crippen LogP contribution in [0.1, 0.15) is 37.4 Å². The number of ether oxygens (including phenoxy) is 2. The van der Waals surface area contributed by atoms with Crippen LogP contribution in [-0.2, 0) is 11.2 Å². The molecule has 7 nitrogen and oxygen atoms in total. The molecule has 132 valence electrons. The molecule has 1 fully saturated rings. The average Bonchev–Trinajstić information content (AvgIpc) is 3.16. The number of para-hydroxylation sites is 2. The van der Waals surface area contributed by atoms with Crippen LogP contribution >= 0.6 is 0 Å². The van der Waals surface area contributed by atoms with E-state index in [-0.39, 0.29) is 18.4 Å². The Morgan fingerprint density at radius 1 is 1.32 bits per heavy atom. The Morgan fingerprint density at radius 2 is 2.16 bits per heavy atom. The number of likely N-dealkylation sites (tertiary alicyclic amines) is 1. The molecule has 0 radical (unpaired) electrons. The zero-order valence-electron chi connectivity index (χ0n) is 14.2. The van der Waals surface area contributed by atoms with Crippen molar-refractivity contribution in [1.82, 2.24) is 15.0 Å². The lowest BCUT2D eigenvalue weighted by Gasteiger charge is -2.35. The van der Waals surface area contributed by atoms with E-state index in [0.29, 0.717) is 36.3 Å². The Bertz CT molecular complexity index is 760. The van der Waals surface area contributed by atoms with Gasteiger partial charge in [-0.25, -0.2) is 0 Å². The standard InChI is InChI=1S/C18H21N3O4/c1-2-16-19-17(25-20-16)12-6-5-9-21(10-12)18(22)15-11-23-13-7-3-4-8-14(13)24-15/h3-4,7-8,12,15H,2,5-6,9-11H2,1H3/t12-,15-/m0/s1. The summed E-state index contributed by atoms with van der Waals surface area (Å²) in [5.74, 6) is 2.67. The fourth-order valence-corrected chi connectivity index (χ4v) is 3.30. The number of hydrogen-bond acceptors (Lipinski definition) is 6. The molecule has 2 aliphatic rings. The topological polar surface area (TPSA) is 77.7 Å². The summed E-state index contributed by atoms with van der Waals surface area (Å²) < 4.78 is 16.9. The van der Waals surface area contributed by atoms with E-state index in [1.54, 1.807) is 0 Å². The van der Waals surface area contributed by atoms with E-state index in [1.165, 1.54) is 0 Å². The summed E-state index contributed by atoms with van der Waals surface area (Å²) in [4.78, 5) is 19.1. The van der Waals surface area contributed by atoms with E-state index in [0.717, 1.165) is 19.3 Å². The van der Waals surface area contributed by atoms with Crippen LogP contribution in [0.2, 0.25) is 0 Å². The number of hydrogen-bond donors (Lipinski definition) is 0. The Morgan fingerprint density at radius 3 is 2.96 bits per heavy atom. The van der Waals surface area contributed by atoms with Gasteiger partial charge in [0.05, 0.1) is 5.92 Å². The van der Waals surface area contributed by atoms with E-state index < -0.39 is 6.10 Å². The van der Waals surface area contributed by atoms with Crippen LogP contribution < -0.4 is 9.47 Å². The minimum absolute atomic E-state index is 0.0468. The minimum atomic E-state index is -0.609. The third kappa shape index (κ3) is 3.18. The van der Waals surface area contributed by atoms with Crippen LogP contribution in [0.15, 0.2) is 28.8 Å². The van der Waals surface area contributed by atoms with E-state index >= 15 is 0 Å². The zero-order valence-corrected chi connectivity index (χ0v) is 14.2. The van der Waals surface area contributed by atoms with Crippen molar-refractivity contribution in [2.45, 2.75) is 38.2 Å². The number of fused-ring (bicyclic) bond motifs is 1. The molecule has 0 unspecified atom stereocenters. The quantitative estimate of drug-likeness (QED) is 0.850. The maximum Gasteiger partial charge on any atom is 0.267 e. The van der Waals surface area contributed by atoms with Gasteiger partial charge in [0.2, 0.25) is 12.0 Å². The highest BCUT2D eigenvalue weighted by Gasteiger charge is 2.35.